The number of nitrogens with zero attached hydrogens (tertiary/aromatic N) is 2. The van der Waals surface area contributed by atoms with E-state index in [4.69, 9.17) is 0 Å². The highest BCUT2D eigenvalue weighted by atomic mass is 32.1. The molecule has 2 N–H and O–H groups in total. The first-order chi connectivity index (χ1) is 13.1. The van der Waals surface area contributed by atoms with Gasteiger partial charge in [-0.05, 0) is 11.1 Å². The summed E-state index contributed by atoms with van der Waals surface area (Å²) in [4.78, 5) is 29.8. The monoisotopic (exact) mass is 377 g/mol. The zero-order valence-electron chi connectivity index (χ0n) is 14.1. The third-order valence-corrected chi connectivity index (χ3v) is 4.97. The second kappa shape index (κ2) is 7.05. The number of aromatic nitrogens is 2. The van der Waals surface area contributed by atoms with Crippen LogP contribution >= 0.6 is 11.3 Å². The van der Waals surface area contributed by atoms with E-state index in [-0.39, 0.29) is 5.56 Å². The Bertz CT molecular complexity index is 1110. The summed E-state index contributed by atoms with van der Waals surface area (Å²) in [6, 6.07) is 18.4. The number of hydrogen-bond donors (Lipinski definition) is 2. The fourth-order valence-electron chi connectivity index (χ4n) is 2.92. The Labute approximate surface area is 158 Å². The van der Waals surface area contributed by atoms with Crippen LogP contribution in [-0.4, -0.2) is 20.4 Å². The van der Waals surface area contributed by atoms with Crippen LogP contribution < -0.4 is 10.9 Å². The maximum absolute atomic E-state index is 12.9. The number of benzene rings is 2. The molecule has 0 fully saturated rings. The Kier molecular flexibility index (Phi) is 4.43. The number of hydrogen-bond acceptors (Lipinski definition) is 5. The van der Waals surface area contributed by atoms with Gasteiger partial charge in [-0.15, -0.1) is 11.3 Å². The van der Waals surface area contributed by atoms with E-state index in [1.807, 2.05) is 60.7 Å². The smallest absolute Gasteiger partial charge is 0.275 e. The average molecular weight is 377 g/mol. The lowest BCUT2D eigenvalue weighted by Gasteiger charge is -2.20. The van der Waals surface area contributed by atoms with Crippen molar-refractivity contribution >= 4 is 22.2 Å². The standard InChI is InChI=1S/C20H15N3O3S/c24-17(15-18(25)22-20-23(19(15)26)11-12-27-20)21-16(13-7-3-1-4-8-13)14-9-5-2-6-10-14/h1-12,16,25H,(H,21,24). The van der Waals surface area contributed by atoms with Crippen LogP contribution in [0.2, 0.25) is 0 Å². The number of amides is 1. The summed E-state index contributed by atoms with van der Waals surface area (Å²) in [6.45, 7) is 0. The van der Waals surface area contributed by atoms with Gasteiger partial charge in [0.1, 0.15) is 0 Å². The van der Waals surface area contributed by atoms with Gasteiger partial charge in [-0.2, -0.15) is 4.98 Å². The van der Waals surface area contributed by atoms with Gasteiger partial charge in [0.05, 0.1) is 6.04 Å². The molecule has 0 atom stereocenters. The van der Waals surface area contributed by atoms with Gasteiger partial charge in [0.15, 0.2) is 10.5 Å². The molecule has 0 unspecified atom stereocenters. The topological polar surface area (TPSA) is 83.7 Å². The summed E-state index contributed by atoms with van der Waals surface area (Å²) >= 11 is 1.20. The van der Waals surface area contributed by atoms with Crippen LogP contribution in [0.1, 0.15) is 27.5 Å². The number of rotatable bonds is 4. The van der Waals surface area contributed by atoms with Crippen molar-refractivity contribution in [2.45, 2.75) is 6.04 Å². The number of thiazole rings is 1. The predicted molar refractivity (Wildman–Crippen MR) is 103 cm³/mol. The van der Waals surface area contributed by atoms with E-state index in [1.54, 1.807) is 5.38 Å². The first-order valence-electron chi connectivity index (χ1n) is 8.25. The number of nitrogens with one attached hydrogen (secondary N) is 1. The molecule has 0 aliphatic carbocycles. The fraction of sp³-hybridized carbons (Fsp3) is 0.0500. The minimum atomic E-state index is -0.677. The molecule has 0 radical (unpaired) electrons. The van der Waals surface area contributed by atoms with Gasteiger partial charge in [-0.25, -0.2) is 0 Å². The SMILES string of the molecule is O=C(NC(c1ccccc1)c1ccccc1)c1c(O)nc2sccn2c1=O. The third kappa shape index (κ3) is 3.20. The van der Waals surface area contributed by atoms with Gasteiger partial charge in [-0.3, -0.25) is 14.0 Å². The summed E-state index contributed by atoms with van der Waals surface area (Å²) in [5, 5.41) is 14.7. The highest BCUT2D eigenvalue weighted by Gasteiger charge is 2.24. The lowest BCUT2D eigenvalue weighted by atomic mass is 9.98. The number of fused-ring (bicyclic) bond motifs is 1. The maximum Gasteiger partial charge on any atom is 0.275 e. The van der Waals surface area contributed by atoms with Crippen molar-refractivity contribution in [2.75, 3.05) is 0 Å². The van der Waals surface area contributed by atoms with Crippen LogP contribution in [0.15, 0.2) is 77.0 Å². The molecule has 27 heavy (non-hydrogen) atoms. The van der Waals surface area contributed by atoms with Crippen LogP contribution in [0.25, 0.3) is 4.96 Å². The van der Waals surface area contributed by atoms with Crippen LogP contribution in [0.4, 0.5) is 0 Å². The van der Waals surface area contributed by atoms with Crippen molar-refractivity contribution in [3.63, 3.8) is 0 Å². The van der Waals surface area contributed by atoms with E-state index >= 15 is 0 Å². The number of aromatic hydroxyl groups is 1. The van der Waals surface area contributed by atoms with Crippen LogP contribution in [0.3, 0.4) is 0 Å². The third-order valence-electron chi connectivity index (χ3n) is 4.22. The molecule has 6 nitrogen and oxygen atoms in total. The van der Waals surface area contributed by atoms with Crippen LogP contribution in [-0.2, 0) is 0 Å². The average Bonchev–Trinajstić information content (AvgIpc) is 3.16. The normalized spacial score (nSPS) is 11.0. The van der Waals surface area contributed by atoms with Gasteiger partial charge in [0, 0.05) is 11.6 Å². The van der Waals surface area contributed by atoms with Gasteiger partial charge in [0.2, 0.25) is 5.88 Å². The summed E-state index contributed by atoms with van der Waals surface area (Å²) in [7, 11) is 0. The molecule has 134 valence electrons. The van der Waals surface area contributed by atoms with E-state index in [0.717, 1.165) is 11.1 Å². The molecule has 0 saturated heterocycles. The zero-order chi connectivity index (χ0) is 18.8. The molecule has 1 amide bonds. The molecule has 4 rings (SSSR count). The van der Waals surface area contributed by atoms with Crippen molar-refractivity contribution in [3.05, 3.63) is 99.3 Å². The van der Waals surface area contributed by atoms with Gasteiger partial charge in [-0.1, -0.05) is 60.7 Å². The lowest BCUT2D eigenvalue weighted by Crippen LogP contribution is -2.34. The lowest BCUT2D eigenvalue weighted by molar-refractivity contribution is 0.0937. The summed E-state index contributed by atoms with van der Waals surface area (Å²) in [5.74, 6) is -1.25. The molecular weight excluding hydrogens is 362 g/mol. The highest BCUT2D eigenvalue weighted by molar-refractivity contribution is 7.15. The summed E-state index contributed by atoms with van der Waals surface area (Å²) < 4.78 is 1.25. The Morgan fingerprint density at radius 2 is 1.63 bits per heavy atom. The van der Waals surface area contributed by atoms with Crippen LogP contribution in [0, 0.1) is 0 Å². The Morgan fingerprint density at radius 3 is 2.22 bits per heavy atom. The minimum Gasteiger partial charge on any atom is -0.492 e. The molecule has 0 spiro atoms. The molecule has 0 aliphatic rings. The Hall–Kier alpha value is -3.45. The molecule has 0 bridgehead atoms. The Morgan fingerprint density at radius 1 is 1.04 bits per heavy atom. The van der Waals surface area contributed by atoms with Gasteiger partial charge in [0.25, 0.3) is 11.5 Å². The molecule has 2 aromatic carbocycles. The molecule has 2 heterocycles. The predicted octanol–water partition coefficient (Wildman–Crippen LogP) is 2.98. The molecular formula is C20H15N3O3S. The Balaban J connectivity index is 1.76. The first-order valence-corrected chi connectivity index (χ1v) is 9.12. The minimum absolute atomic E-state index is 0.330. The van der Waals surface area contributed by atoms with E-state index in [9.17, 15) is 14.7 Å². The largest absolute Gasteiger partial charge is 0.492 e. The second-order valence-corrected chi connectivity index (χ2v) is 6.77. The fourth-order valence-corrected chi connectivity index (χ4v) is 3.62. The van der Waals surface area contributed by atoms with E-state index in [1.165, 1.54) is 21.9 Å². The second-order valence-electron chi connectivity index (χ2n) is 5.90. The highest BCUT2D eigenvalue weighted by Crippen LogP contribution is 2.23. The van der Waals surface area contributed by atoms with Crippen molar-refractivity contribution in [1.29, 1.82) is 0 Å². The van der Waals surface area contributed by atoms with Crippen molar-refractivity contribution in [1.82, 2.24) is 14.7 Å². The van der Waals surface area contributed by atoms with E-state index < -0.39 is 23.4 Å². The maximum atomic E-state index is 12.9. The van der Waals surface area contributed by atoms with Crippen LogP contribution in [0.5, 0.6) is 5.88 Å². The molecule has 2 aromatic heterocycles. The van der Waals surface area contributed by atoms with Crippen molar-refractivity contribution < 1.29 is 9.90 Å². The zero-order valence-corrected chi connectivity index (χ0v) is 14.9. The van der Waals surface area contributed by atoms with E-state index in [2.05, 4.69) is 10.3 Å². The number of carbonyl (C=O) groups excluding carboxylic acids is 1. The molecule has 0 aliphatic heterocycles. The van der Waals surface area contributed by atoms with Gasteiger partial charge < -0.3 is 10.4 Å². The molecule has 0 saturated carbocycles. The molecule has 4 aromatic rings. The first kappa shape index (κ1) is 17.0. The van der Waals surface area contributed by atoms with Crippen molar-refractivity contribution in [2.24, 2.45) is 0 Å². The summed E-state index contributed by atoms with van der Waals surface area (Å²) in [6.07, 6.45) is 1.53. The molecule has 7 heteroatoms. The van der Waals surface area contributed by atoms with E-state index in [0.29, 0.717) is 4.96 Å². The van der Waals surface area contributed by atoms with Crippen molar-refractivity contribution in [3.8, 4) is 5.88 Å². The quantitative estimate of drug-likeness (QED) is 0.573. The van der Waals surface area contributed by atoms with Gasteiger partial charge >= 0.3 is 0 Å². The number of carbonyl (C=O) groups is 1. The summed E-state index contributed by atoms with van der Waals surface area (Å²) in [5.41, 5.74) is 0.751.